The first-order chi connectivity index (χ1) is 8.74. The average Bonchev–Trinajstić information content (AvgIpc) is 2.82. The van der Waals surface area contributed by atoms with Gasteiger partial charge in [-0.2, -0.15) is 0 Å². The maximum Gasteiger partial charge on any atom is 0.253 e. The number of carbonyl (C=O) groups is 1. The first-order valence-corrected chi connectivity index (χ1v) is 7.31. The van der Waals surface area contributed by atoms with Crippen molar-refractivity contribution in [3.05, 3.63) is 34.3 Å². The van der Waals surface area contributed by atoms with Gasteiger partial charge in [0.2, 0.25) is 0 Å². The monoisotopic (exact) mass is 308 g/mol. The van der Waals surface area contributed by atoms with Gasteiger partial charge < -0.3 is 10.2 Å². The van der Waals surface area contributed by atoms with Crippen molar-refractivity contribution in [1.29, 1.82) is 0 Å². The van der Waals surface area contributed by atoms with E-state index in [0.29, 0.717) is 12.0 Å². The Morgan fingerprint density at radius 3 is 2.78 bits per heavy atom. The van der Waals surface area contributed by atoms with Gasteiger partial charge in [-0.25, -0.2) is 0 Å². The van der Waals surface area contributed by atoms with Crippen molar-refractivity contribution < 1.29 is 4.79 Å². The molecule has 1 aromatic rings. The third-order valence-electron chi connectivity index (χ3n) is 3.98. The lowest BCUT2D eigenvalue weighted by Crippen LogP contribution is -2.41. The lowest BCUT2D eigenvalue weighted by molar-refractivity contribution is 0.0785. The highest BCUT2D eigenvalue weighted by molar-refractivity contribution is 9.10. The highest BCUT2D eigenvalue weighted by atomic mass is 79.9. The van der Waals surface area contributed by atoms with Crippen LogP contribution in [-0.4, -0.2) is 36.5 Å². The molecule has 2 fully saturated rings. The van der Waals surface area contributed by atoms with Gasteiger partial charge >= 0.3 is 0 Å². The molecule has 2 aliphatic heterocycles. The molecule has 2 unspecified atom stereocenters. The number of carbonyl (C=O) groups excluding carboxylic acids is 1. The van der Waals surface area contributed by atoms with E-state index in [-0.39, 0.29) is 5.91 Å². The van der Waals surface area contributed by atoms with E-state index in [1.54, 1.807) is 0 Å². The summed E-state index contributed by atoms with van der Waals surface area (Å²) in [6.45, 7) is 2.87. The summed E-state index contributed by atoms with van der Waals surface area (Å²) in [7, 11) is 0. The second-order valence-electron chi connectivity index (χ2n) is 5.18. The van der Waals surface area contributed by atoms with Gasteiger partial charge in [0.05, 0.1) is 0 Å². The maximum atomic E-state index is 12.4. The SMILES string of the molecule is O=C(c1ccc(Br)cc1)N1CC2CCCNC2C1. The van der Waals surface area contributed by atoms with Crippen molar-refractivity contribution in [2.45, 2.75) is 18.9 Å². The quantitative estimate of drug-likeness (QED) is 0.863. The van der Waals surface area contributed by atoms with Crippen LogP contribution in [0.4, 0.5) is 0 Å². The Labute approximate surface area is 116 Å². The first-order valence-electron chi connectivity index (χ1n) is 6.52. The molecule has 2 saturated heterocycles. The van der Waals surface area contributed by atoms with Gasteiger partial charge in [-0.3, -0.25) is 4.79 Å². The van der Waals surface area contributed by atoms with Gasteiger partial charge in [-0.1, -0.05) is 15.9 Å². The molecule has 18 heavy (non-hydrogen) atoms. The van der Waals surface area contributed by atoms with Crippen LogP contribution < -0.4 is 5.32 Å². The predicted molar refractivity (Wildman–Crippen MR) is 74.6 cm³/mol. The van der Waals surface area contributed by atoms with Crippen molar-refractivity contribution >= 4 is 21.8 Å². The van der Waals surface area contributed by atoms with E-state index in [4.69, 9.17) is 0 Å². The molecule has 2 atom stereocenters. The number of fused-ring (bicyclic) bond motifs is 1. The van der Waals surface area contributed by atoms with E-state index in [9.17, 15) is 4.79 Å². The van der Waals surface area contributed by atoms with Crippen LogP contribution in [0.15, 0.2) is 28.7 Å². The topological polar surface area (TPSA) is 32.3 Å². The normalized spacial score (nSPS) is 27.1. The highest BCUT2D eigenvalue weighted by Gasteiger charge is 2.36. The molecule has 2 heterocycles. The molecule has 0 saturated carbocycles. The lowest BCUT2D eigenvalue weighted by Gasteiger charge is -2.24. The fourth-order valence-corrected chi connectivity index (χ4v) is 3.25. The third-order valence-corrected chi connectivity index (χ3v) is 4.51. The number of halogens is 1. The van der Waals surface area contributed by atoms with Crippen molar-refractivity contribution in [2.75, 3.05) is 19.6 Å². The number of piperidine rings is 1. The maximum absolute atomic E-state index is 12.4. The Kier molecular flexibility index (Phi) is 3.39. The molecule has 0 aliphatic carbocycles. The molecular formula is C14H17BrN2O. The van der Waals surface area contributed by atoms with Crippen molar-refractivity contribution in [3.63, 3.8) is 0 Å². The molecule has 0 aromatic heterocycles. The molecule has 0 spiro atoms. The van der Waals surface area contributed by atoms with E-state index in [1.165, 1.54) is 12.8 Å². The number of benzene rings is 1. The summed E-state index contributed by atoms with van der Waals surface area (Å²) < 4.78 is 1.01. The molecule has 0 radical (unpaired) electrons. The molecule has 0 bridgehead atoms. The lowest BCUT2D eigenvalue weighted by atomic mass is 9.94. The molecule has 96 valence electrons. The van der Waals surface area contributed by atoms with Crippen LogP contribution in [0.3, 0.4) is 0 Å². The molecular weight excluding hydrogens is 292 g/mol. The van der Waals surface area contributed by atoms with Crippen molar-refractivity contribution in [1.82, 2.24) is 10.2 Å². The van der Waals surface area contributed by atoms with Crippen LogP contribution in [-0.2, 0) is 0 Å². The molecule has 1 N–H and O–H groups in total. The molecule has 1 amide bonds. The number of nitrogens with zero attached hydrogens (tertiary/aromatic N) is 1. The molecule has 3 nitrogen and oxygen atoms in total. The fraction of sp³-hybridized carbons (Fsp3) is 0.500. The van der Waals surface area contributed by atoms with Gasteiger partial charge in [0.25, 0.3) is 5.91 Å². The largest absolute Gasteiger partial charge is 0.337 e. The van der Waals surface area contributed by atoms with Gasteiger partial charge in [0, 0.05) is 29.2 Å². The second kappa shape index (κ2) is 5.02. The Morgan fingerprint density at radius 2 is 2.06 bits per heavy atom. The first kappa shape index (κ1) is 12.2. The summed E-state index contributed by atoms with van der Waals surface area (Å²) in [5.41, 5.74) is 0.789. The average molecular weight is 309 g/mol. The van der Waals surface area contributed by atoms with Gasteiger partial charge in [0.15, 0.2) is 0 Å². The number of rotatable bonds is 1. The zero-order valence-electron chi connectivity index (χ0n) is 10.2. The summed E-state index contributed by atoms with van der Waals surface area (Å²) in [6.07, 6.45) is 2.49. The Balaban J connectivity index is 1.72. The summed E-state index contributed by atoms with van der Waals surface area (Å²) in [4.78, 5) is 14.4. The fourth-order valence-electron chi connectivity index (χ4n) is 2.99. The number of amides is 1. The van der Waals surface area contributed by atoms with Crippen molar-refractivity contribution in [3.8, 4) is 0 Å². The van der Waals surface area contributed by atoms with Gasteiger partial charge in [-0.05, 0) is 49.6 Å². The Morgan fingerprint density at radius 1 is 1.28 bits per heavy atom. The Bertz CT molecular complexity index is 432. The third kappa shape index (κ3) is 2.31. The van der Waals surface area contributed by atoms with Crippen LogP contribution >= 0.6 is 15.9 Å². The molecule has 1 aromatic carbocycles. The summed E-state index contributed by atoms with van der Waals surface area (Å²) in [6, 6.07) is 8.14. The summed E-state index contributed by atoms with van der Waals surface area (Å²) in [5, 5.41) is 3.53. The summed E-state index contributed by atoms with van der Waals surface area (Å²) >= 11 is 3.39. The van der Waals surface area contributed by atoms with E-state index in [1.807, 2.05) is 29.2 Å². The van der Waals surface area contributed by atoms with Crippen LogP contribution in [0.1, 0.15) is 23.2 Å². The minimum Gasteiger partial charge on any atom is -0.337 e. The molecule has 3 rings (SSSR count). The number of hydrogen-bond acceptors (Lipinski definition) is 2. The standard InChI is InChI=1S/C14H17BrN2O/c15-12-5-3-10(4-6-12)14(18)17-8-11-2-1-7-16-13(11)9-17/h3-6,11,13,16H,1-2,7-9H2. The van der Waals surface area contributed by atoms with Crippen LogP contribution in [0.5, 0.6) is 0 Å². The zero-order chi connectivity index (χ0) is 12.5. The number of nitrogens with one attached hydrogen (secondary N) is 1. The van der Waals surface area contributed by atoms with Crippen molar-refractivity contribution in [2.24, 2.45) is 5.92 Å². The van der Waals surface area contributed by atoms with E-state index in [2.05, 4.69) is 21.2 Å². The number of likely N-dealkylation sites (tertiary alicyclic amines) is 1. The summed E-state index contributed by atoms with van der Waals surface area (Å²) in [5.74, 6) is 0.817. The van der Waals surface area contributed by atoms with Crippen LogP contribution in [0.2, 0.25) is 0 Å². The molecule has 2 aliphatic rings. The van der Waals surface area contributed by atoms with E-state index < -0.39 is 0 Å². The smallest absolute Gasteiger partial charge is 0.253 e. The predicted octanol–water partition coefficient (Wildman–Crippen LogP) is 2.27. The number of hydrogen-bond donors (Lipinski definition) is 1. The van der Waals surface area contributed by atoms with Crippen LogP contribution in [0, 0.1) is 5.92 Å². The van der Waals surface area contributed by atoms with Gasteiger partial charge in [0.1, 0.15) is 0 Å². The highest BCUT2D eigenvalue weighted by Crippen LogP contribution is 2.26. The van der Waals surface area contributed by atoms with E-state index in [0.717, 1.165) is 29.7 Å². The minimum absolute atomic E-state index is 0.165. The Hall–Kier alpha value is -0.870. The van der Waals surface area contributed by atoms with E-state index >= 15 is 0 Å². The minimum atomic E-state index is 0.165. The second-order valence-corrected chi connectivity index (χ2v) is 6.10. The van der Waals surface area contributed by atoms with Gasteiger partial charge in [-0.15, -0.1) is 0 Å². The molecule has 4 heteroatoms. The van der Waals surface area contributed by atoms with Crippen LogP contribution in [0.25, 0.3) is 0 Å². The zero-order valence-corrected chi connectivity index (χ0v) is 11.8.